The number of nitrogens with zero attached hydrogens (tertiary/aromatic N) is 1. The van der Waals surface area contributed by atoms with E-state index in [1.54, 1.807) is 0 Å². The molecule has 1 saturated heterocycles. The molecule has 1 aromatic rings. The second kappa shape index (κ2) is 5.74. The highest BCUT2D eigenvalue weighted by atomic mass is 35.5. The molecule has 2 aliphatic heterocycles. The van der Waals surface area contributed by atoms with Gasteiger partial charge in [0.05, 0.1) is 0 Å². The normalized spacial score (nSPS) is 19.3. The number of nitrogens with one attached hydrogen (secondary N) is 1. The molecule has 1 aromatic carbocycles. The molecule has 2 nitrogen and oxygen atoms in total. The number of fused-ring (bicyclic) bond motifs is 1. The van der Waals surface area contributed by atoms with Gasteiger partial charge in [-0.25, -0.2) is 0 Å². The number of hydrogen-bond donors (Lipinski definition) is 1. The lowest BCUT2D eigenvalue weighted by Gasteiger charge is -2.27. The van der Waals surface area contributed by atoms with Crippen LogP contribution in [-0.4, -0.2) is 24.5 Å². The third-order valence-corrected chi connectivity index (χ3v) is 3.78. The van der Waals surface area contributed by atoms with Crippen LogP contribution in [0, 0.1) is 0 Å². The van der Waals surface area contributed by atoms with E-state index in [-0.39, 0.29) is 12.4 Å². The summed E-state index contributed by atoms with van der Waals surface area (Å²) < 4.78 is 0. The predicted octanol–water partition coefficient (Wildman–Crippen LogP) is 3.06. The van der Waals surface area contributed by atoms with Gasteiger partial charge in [-0.3, -0.25) is 4.90 Å². The van der Waals surface area contributed by atoms with E-state index < -0.39 is 0 Å². The zero-order valence-corrected chi connectivity index (χ0v) is 11.1. The molecule has 0 radical (unpaired) electrons. The number of halogens is 1. The van der Waals surface area contributed by atoms with Crippen molar-refractivity contribution in [2.24, 2.45) is 0 Å². The topological polar surface area (TPSA) is 15.3 Å². The lowest BCUT2D eigenvalue weighted by molar-refractivity contribution is 0.221. The first-order chi connectivity index (χ1) is 7.93. The van der Waals surface area contributed by atoms with Crippen molar-refractivity contribution < 1.29 is 0 Å². The van der Waals surface area contributed by atoms with Crippen molar-refractivity contribution >= 4 is 18.1 Å². The zero-order chi connectivity index (χ0) is 10.8. The standard InChI is InChI=1S/C14H20N2.ClH/c1-2-9-16(10-3-1)11-13-6-4-5-12-7-8-15-14(12)13;/h4-6,15H,1-3,7-11H2;1H. The molecular formula is C14H21ClN2. The van der Waals surface area contributed by atoms with Gasteiger partial charge in [0.2, 0.25) is 0 Å². The minimum absolute atomic E-state index is 0. The van der Waals surface area contributed by atoms with Gasteiger partial charge in [-0.1, -0.05) is 24.6 Å². The van der Waals surface area contributed by atoms with Gasteiger partial charge in [0.15, 0.2) is 0 Å². The fourth-order valence-electron chi connectivity index (χ4n) is 2.90. The summed E-state index contributed by atoms with van der Waals surface area (Å²) in [6, 6.07) is 6.76. The van der Waals surface area contributed by atoms with Crippen molar-refractivity contribution in [3.63, 3.8) is 0 Å². The highest BCUT2D eigenvalue weighted by molar-refractivity contribution is 5.85. The Bertz CT molecular complexity index is 372. The van der Waals surface area contributed by atoms with E-state index in [4.69, 9.17) is 0 Å². The molecule has 2 heterocycles. The first-order valence-corrected chi connectivity index (χ1v) is 6.50. The summed E-state index contributed by atoms with van der Waals surface area (Å²) in [7, 11) is 0. The summed E-state index contributed by atoms with van der Waals surface area (Å²) in [4.78, 5) is 2.60. The molecule has 0 aliphatic carbocycles. The molecule has 0 saturated carbocycles. The molecule has 2 aliphatic rings. The van der Waals surface area contributed by atoms with Gasteiger partial charge in [-0.15, -0.1) is 12.4 Å². The SMILES string of the molecule is Cl.c1cc2c(c(CN3CCCCC3)c1)NCC2. The smallest absolute Gasteiger partial charge is 0.0419 e. The molecule has 0 aromatic heterocycles. The van der Waals surface area contributed by atoms with Crippen LogP contribution >= 0.6 is 12.4 Å². The van der Waals surface area contributed by atoms with Crippen molar-refractivity contribution in [1.29, 1.82) is 0 Å². The van der Waals surface area contributed by atoms with Crippen molar-refractivity contribution in [3.05, 3.63) is 29.3 Å². The maximum Gasteiger partial charge on any atom is 0.0419 e. The number of para-hydroxylation sites is 1. The first kappa shape index (κ1) is 12.7. The van der Waals surface area contributed by atoms with Crippen LogP contribution in [0.25, 0.3) is 0 Å². The molecular weight excluding hydrogens is 232 g/mol. The quantitative estimate of drug-likeness (QED) is 0.870. The molecule has 1 fully saturated rings. The number of benzene rings is 1. The predicted molar refractivity (Wildman–Crippen MR) is 75.0 cm³/mol. The molecule has 3 rings (SSSR count). The number of anilines is 1. The fraction of sp³-hybridized carbons (Fsp3) is 0.571. The minimum atomic E-state index is 0. The Balaban J connectivity index is 0.00000108. The lowest BCUT2D eigenvalue weighted by Crippen LogP contribution is -2.29. The Morgan fingerprint density at radius 2 is 1.94 bits per heavy atom. The number of piperidine rings is 1. The van der Waals surface area contributed by atoms with Crippen LogP contribution in [0.15, 0.2) is 18.2 Å². The largest absolute Gasteiger partial charge is 0.384 e. The summed E-state index contributed by atoms with van der Waals surface area (Å²) >= 11 is 0. The molecule has 0 amide bonds. The molecule has 0 spiro atoms. The van der Waals surface area contributed by atoms with Crippen molar-refractivity contribution in [2.45, 2.75) is 32.2 Å². The van der Waals surface area contributed by atoms with Crippen LogP contribution in [0.3, 0.4) is 0 Å². The second-order valence-electron chi connectivity index (χ2n) is 4.96. The van der Waals surface area contributed by atoms with E-state index in [1.165, 1.54) is 55.6 Å². The molecule has 94 valence electrons. The molecule has 0 unspecified atom stereocenters. The Morgan fingerprint density at radius 3 is 2.76 bits per heavy atom. The van der Waals surface area contributed by atoms with E-state index in [0.717, 1.165) is 13.1 Å². The molecule has 17 heavy (non-hydrogen) atoms. The Morgan fingerprint density at radius 1 is 1.12 bits per heavy atom. The highest BCUT2D eigenvalue weighted by Gasteiger charge is 2.16. The highest BCUT2D eigenvalue weighted by Crippen LogP contribution is 2.27. The maximum atomic E-state index is 3.53. The van der Waals surface area contributed by atoms with Crippen LogP contribution in [0.1, 0.15) is 30.4 Å². The van der Waals surface area contributed by atoms with Gasteiger partial charge in [-0.05, 0) is 43.5 Å². The third kappa shape index (κ3) is 2.75. The minimum Gasteiger partial charge on any atom is -0.384 e. The third-order valence-electron chi connectivity index (χ3n) is 3.78. The second-order valence-corrected chi connectivity index (χ2v) is 4.96. The summed E-state index contributed by atoms with van der Waals surface area (Å²) in [5.74, 6) is 0. The van der Waals surface area contributed by atoms with Crippen molar-refractivity contribution in [2.75, 3.05) is 25.0 Å². The van der Waals surface area contributed by atoms with E-state index >= 15 is 0 Å². The van der Waals surface area contributed by atoms with Crippen LogP contribution in [-0.2, 0) is 13.0 Å². The van der Waals surface area contributed by atoms with Crippen LogP contribution < -0.4 is 5.32 Å². The van der Waals surface area contributed by atoms with Gasteiger partial charge in [0.25, 0.3) is 0 Å². The lowest BCUT2D eigenvalue weighted by atomic mass is 10.1. The van der Waals surface area contributed by atoms with Crippen LogP contribution in [0.5, 0.6) is 0 Å². The van der Waals surface area contributed by atoms with Crippen LogP contribution in [0.4, 0.5) is 5.69 Å². The summed E-state index contributed by atoms with van der Waals surface area (Å²) in [6.07, 6.45) is 5.37. The first-order valence-electron chi connectivity index (χ1n) is 6.50. The Kier molecular flexibility index (Phi) is 4.30. The van der Waals surface area contributed by atoms with E-state index in [1.807, 2.05) is 0 Å². The van der Waals surface area contributed by atoms with E-state index in [0.29, 0.717) is 0 Å². The fourth-order valence-corrected chi connectivity index (χ4v) is 2.90. The molecule has 0 bridgehead atoms. The average molecular weight is 253 g/mol. The number of rotatable bonds is 2. The van der Waals surface area contributed by atoms with Crippen molar-refractivity contribution in [3.8, 4) is 0 Å². The maximum absolute atomic E-state index is 3.53. The number of likely N-dealkylation sites (tertiary alicyclic amines) is 1. The summed E-state index contributed by atoms with van der Waals surface area (Å²) in [5.41, 5.74) is 4.43. The molecule has 0 atom stereocenters. The monoisotopic (exact) mass is 252 g/mol. The van der Waals surface area contributed by atoms with Gasteiger partial charge < -0.3 is 5.32 Å². The summed E-state index contributed by atoms with van der Waals surface area (Å²) in [6.45, 7) is 4.82. The Hall–Kier alpha value is -0.730. The van der Waals surface area contributed by atoms with Crippen molar-refractivity contribution in [1.82, 2.24) is 4.90 Å². The van der Waals surface area contributed by atoms with Gasteiger partial charge in [-0.2, -0.15) is 0 Å². The molecule has 3 heteroatoms. The Labute approximate surface area is 110 Å². The zero-order valence-electron chi connectivity index (χ0n) is 10.2. The van der Waals surface area contributed by atoms with E-state index in [2.05, 4.69) is 28.4 Å². The van der Waals surface area contributed by atoms with Crippen LogP contribution in [0.2, 0.25) is 0 Å². The van der Waals surface area contributed by atoms with Gasteiger partial charge in [0.1, 0.15) is 0 Å². The van der Waals surface area contributed by atoms with Gasteiger partial charge in [0, 0.05) is 18.8 Å². The van der Waals surface area contributed by atoms with E-state index in [9.17, 15) is 0 Å². The molecule has 1 N–H and O–H groups in total. The summed E-state index contributed by atoms with van der Waals surface area (Å²) in [5, 5.41) is 3.53. The number of hydrogen-bond acceptors (Lipinski definition) is 2. The van der Waals surface area contributed by atoms with Gasteiger partial charge >= 0.3 is 0 Å². The average Bonchev–Trinajstić information content (AvgIpc) is 2.80.